The minimum absolute atomic E-state index is 0.449. The van der Waals surface area contributed by atoms with Crippen LogP contribution in [0.25, 0.3) is 0 Å². The summed E-state index contributed by atoms with van der Waals surface area (Å²) in [5.41, 5.74) is 0.874. The van der Waals surface area contributed by atoms with Crippen LogP contribution in [0.2, 0.25) is 0 Å². The van der Waals surface area contributed by atoms with Gasteiger partial charge in [0.1, 0.15) is 0 Å². The van der Waals surface area contributed by atoms with E-state index in [4.69, 9.17) is 0 Å². The van der Waals surface area contributed by atoms with Crippen LogP contribution in [-0.2, 0) is 4.79 Å². The number of aliphatic carboxylic acids is 1. The topological polar surface area (TPSA) is 49.3 Å². The summed E-state index contributed by atoms with van der Waals surface area (Å²) in [5, 5.41) is 13.3. The first-order valence-electron chi connectivity index (χ1n) is 6.87. The minimum atomic E-state index is -0.755. The summed E-state index contributed by atoms with van der Waals surface area (Å²) in [7, 11) is 0. The SMILES string of the molecule is O=C(O)C(CNCC1CCCCS1)c1ccccc1. The molecule has 1 aromatic carbocycles. The largest absolute Gasteiger partial charge is 0.481 e. The number of thioether (sulfide) groups is 1. The van der Waals surface area contributed by atoms with Gasteiger partial charge in [0.15, 0.2) is 0 Å². The van der Waals surface area contributed by atoms with Gasteiger partial charge in [-0.1, -0.05) is 36.8 Å². The van der Waals surface area contributed by atoms with Crippen molar-refractivity contribution in [3.63, 3.8) is 0 Å². The molecule has 19 heavy (non-hydrogen) atoms. The maximum absolute atomic E-state index is 11.3. The van der Waals surface area contributed by atoms with Gasteiger partial charge in [0.25, 0.3) is 0 Å². The van der Waals surface area contributed by atoms with E-state index in [1.54, 1.807) is 0 Å². The molecule has 0 aromatic heterocycles. The second-order valence-electron chi connectivity index (χ2n) is 4.95. The average Bonchev–Trinajstić information content (AvgIpc) is 2.45. The third-order valence-corrected chi connectivity index (χ3v) is 4.89. The second-order valence-corrected chi connectivity index (χ2v) is 6.36. The molecule has 2 N–H and O–H groups in total. The summed E-state index contributed by atoms with van der Waals surface area (Å²) >= 11 is 2.01. The fraction of sp³-hybridized carbons (Fsp3) is 0.533. The van der Waals surface area contributed by atoms with E-state index in [0.717, 1.165) is 12.1 Å². The summed E-state index contributed by atoms with van der Waals surface area (Å²) in [4.78, 5) is 11.3. The molecule has 1 saturated heterocycles. The minimum Gasteiger partial charge on any atom is -0.481 e. The number of nitrogens with one attached hydrogen (secondary N) is 1. The molecule has 2 unspecified atom stereocenters. The fourth-order valence-electron chi connectivity index (χ4n) is 2.39. The van der Waals surface area contributed by atoms with E-state index >= 15 is 0 Å². The first-order valence-corrected chi connectivity index (χ1v) is 7.92. The molecule has 0 aliphatic carbocycles. The molecule has 1 aliphatic heterocycles. The van der Waals surface area contributed by atoms with Crippen molar-refractivity contribution in [2.45, 2.75) is 30.4 Å². The van der Waals surface area contributed by atoms with Crippen molar-refractivity contribution in [2.24, 2.45) is 0 Å². The number of carboxylic acid groups (broad SMARTS) is 1. The maximum atomic E-state index is 11.3. The zero-order chi connectivity index (χ0) is 13.5. The molecular formula is C15H21NO2S. The van der Waals surface area contributed by atoms with Crippen LogP contribution in [-0.4, -0.2) is 35.2 Å². The quantitative estimate of drug-likeness (QED) is 0.840. The van der Waals surface area contributed by atoms with Gasteiger partial charge in [-0.15, -0.1) is 0 Å². The molecule has 0 bridgehead atoms. The first-order chi connectivity index (χ1) is 9.27. The van der Waals surface area contributed by atoms with Crippen LogP contribution >= 0.6 is 11.8 Å². The summed E-state index contributed by atoms with van der Waals surface area (Å²) in [6.07, 6.45) is 3.88. The van der Waals surface area contributed by atoms with E-state index in [2.05, 4.69) is 5.32 Å². The Balaban J connectivity index is 1.82. The zero-order valence-corrected chi connectivity index (χ0v) is 11.9. The van der Waals surface area contributed by atoms with Crippen molar-refractivity contribution in [1.82, 2.24) is 5.32 Å². The van der Waals surface area contributed by atoms with E-state index in [1.807, 2.05) is 42.1 Å². The van der Waals surface area contributed by atoms with Crippen molar-refractivity contribution in [3.05, 3.63) is 35.9 Å². The maximum Gasteiger partial charge on any atom is 0.312 e. The molecule has 1 fully saturated rings. The molecule has 1 heterocycles. The molecule has 2 atom stereocenters. The third kappa shape index (κ3) is 4.55. The van der Waals surface area contributed by atoms with E-state index in [-0.39, 0.29) is 0 Å². The number of carboxylic acids is 1. The van der Waals surface area contributed by atoms with Crippen molar-refractivity contribution < 1.29 is 9.90 Å². The molecule has 1 aliphatic rings. The molecule has 3 nitrogen and oxygen atoms in total. The van der Waals surface area contributed by atoms with Crippen LogP contribution in [0.3, 0.4) is 0 Å². The molecule has 0 radical (unpaired) electrons. The predicted octanol–water partition coefficient (Wildman–Crippen LogP) is 2.73. The number of rotatable bonds is 6. The molecular weight excluding hydrogens is 258 g/mol. The van der Waals surface area contributed by atoms with Gasteiger partial charge < -0.3 is 10.4 Å². The Hall–Kier alpha value is -1.00. The second kappa shape index (κ2) is 7.56. The van der Waals surface area contributed by atoms with Gasteiger partial charge in [-0.05, 0) is 24.2 Å². The van der Waals surface area contributed by atoms with Crippen molar-refractivity contribution in [1.29, 1.82) is 0 Å². The van der Waals surface area contributed by atoms with E-state index < -0.39 is 11.9 Å². The number of hydrogen-bond acceptors (Lipinski definition) is 3. The van der Waals surface area contributed by atoms with Crippen LogP contribution in [0, 0.1) is 0 Å². The smallest absolute Gasteiger partial charge is 0.312 e. The Bertz CT molecular complexity index is 390. The van der Waals surface area contributed by atoms with Crippen LogP contribution in [0.1, 0.15) is 30.7 Å². The predicted molar refractivity (Wildman–Crippen MR) is 79.8 cm³/mol. The number of carbonyl (C=O) groups is 1. The number of hydrogen-bond donors (Lipinski definition) is 2. The highest BCUT2D eigenvalue weighted by molar-refractivity contribution is 7.99. The van der Waals surface area contributed by atoms with Gasteiger partial charge in [0.05, 0.1) is 5.92 Å². The summed E-state index contributed by atoms with van der Waals surface area (Å²) in [6, 6.07) is 9.46. The summed E-state index contributed by atoms with van der Waals surface area (Å²) in [5.74, 6) is 0.0395. The van der Waals surface area contributed by atoms with Gasteiger partial charge in [0.2, 0.25) is 0 Å². The molecule has 104 valence electrons. The lowest BCUT2D eigenvalue weighted by atomic mass is 9.99. The lowest BCUT2D eigenvalue weighted by Gasteiger charge is -2.22. The van der Waals surface area contributed by atoms with Gasteiger partial charge in [-0.2, -0.15) is 11.8 Å². The first kappa shape index (κ1) is 14.4. The zero-order valence-electron chi connectivity index (χ0n) is 11.0. The van der Waals surface area contributed by atoms with E-state index in [0.29, 0.717) is 11.8 Å². The standard InChI is InChI=1S/C15H21NO2S/c17-15(18)14(12-6-2-1-3-7-12)11-16-10-13-8-4-5-9-19-13/h1-3,6-7,13-14,16H,4-5,8-11H2,(H,17,18). The van der Waals surface area contributed by atoms with E-state index in [9.17, 15) is 9.90 Å². The van der Waals surface area contributed by atoms with E-state index in [1.165, 1.54) is 25.0 Å². The summed E-state index contributed by atoms with van der Waals surface area (Å²) in [6.45, 7) is 1.43. The van der Waals surface area contributed by atoms with Gasteiger partial charge in [-0.3, -0.25) is 4.79 Å². The fourth-order valence-corrected chi connectivity index (χ4v) is 3.66. The molecule has 0 amide bonds. The van der Waals surface area contributed by atoms with Crippen LogP contribution in [0.4, 0.5) is 0 Å². The molecule has 0 saturated carbocycles. The lowest BCUT2D eigenvalue weighted by Crippen LogP contribution is -2.32. The molecule has 0 spiro atoms. The molecule has 4 heteroatoms. The van der Waals surface area contributed by atoms with Gasteiger partial charge in [-0.25, -0.2) is 0 Å². The van der Waals surface area contributed by atoms with Crippen molar-refractivity contribution in [3.8, 4) is 0 Å². The highest BCUT2D eigenvalue weighted by Gasteiger charge is 2.20. The Morgan fingerprint density at radius 2 is 2.16 bits per heavy atom. The number of benzene rings is 1. The Labute approximate surface area is 118 Å². The Morgan fingerprint density at radius 3 is 2.79 bits per heavy atom. The van der Waals surface area contributed by atoms with Crippen LogP contribution in [0.15, 0.2) is 30.3 Å². The average molecular weight is 279 g/mol. The van der Waals surface area contributed by atoms with Crippen LogP contribution in [0.5, 0.6) is 0 Å². The van der Waals surface area contributed by atoms with Crippen LogP contribution < -0.4 is 5.32 Å². The van der Waals surface area contributed by atoms with Gasteiger partial charge >= 0.3 is 5.97 Å². The van der Waals surface area contributed by atoms with Crippen molar-refractivity contribution in [2.75, 3.05) is 18.8 Å². The van der Waals surface area contributed by atoms with Gasteiger partial charge in [0, 0.05) is 18.3 Å². The highest BCUT2D eigenvalue weighted by atomic mass is 32.2. The Morgan fingerprint density at radius 1 is 1.37 bits per heavy atom. The highest BCUT2D eigenvalue weighted by Crippen LogP contribution is 2.24. The monoisotopic (exact) mass is 279 g/mol. The van der Waals surface area contributed by atoms with Crippen molar-refractivity contribution >= 4 is 17.7 Å². The summed E-state index contributed by atoms with van der Waals surface area (Å²) < 4.78 is 0. The Kier molecular flexibility index (Phi) is 5.73. The molecule has 2 rings (SSSR count). The third-order valence-electron chi connectivity index (χ3n) is 3.49. The molecule has 1 aromatic rings. The lowest BCUT2D eigenvalue weighted by molar-refractivity contribution is -0.138. The normalized spacial score (nSPS) is 20.9.